The second-order valence-corrected chi connectivity index (χ2v) is 4.20. The molecule has 4 nitrogen and oxygen atoms in total. The van der Waals surface area contributed by atoms with Crippen molar-refractivity contribution in [3.05, 3.63) is 33.8 Å². The van der Waals surface area contributed by atoms with Crippen LogP contribution < -0.4 is 0 Å². The van der Waals surface area contributed by atoms with Crippen LogP contribution in [0.5, 0.6) is 0 Å². The molecule has 2 N–H and O–H groups in total. The van der Waals surface area contributed by atoms with E-state index in [9.17, 15) is 9.59 Å². The molecule has 0 amide bonds. The molecule has 1 aromatic rings. The highest BCUT2D eigenvalue weighted by atomic mass is 79.9. The zero-order valence-electron chi connectivity index (χ0n) is 8.44. The van der Waals surface area contributed by atoms with Gasteiger partial charge in [-0.3, -0.25) is 9.59 Å². The molecule has 0 bridgehead atoms. The molecule has 0 atom stereocenters. The zero-order chi connectivity index (χ0) is 12.1. The minimum atomic E-state index is -0.927. The van der Waals surface area contributed by atoms with Gasteiger partial charge in [0.2, 0.25) is 0 Å². The summed E-state index contributed by atoms with van der Waals surface area (Å²) in [7, 11) is 0. The summed E-state index contributed by atoms with van der Waals surface area (Å²) in [6.07, 6.45) is 0.247. The van der Waals surface area contributed by atoms with Crippen molar-refractivity contribution in [1.29, 1.82) is 0 Å². The van der Waals surface area contributed by atoms with Gasteiger partial charge >= 0.3 is 11.9 Å². The third-order valence-electron chi connectivity index (χ3n) is 2.15. The van der Waals surface area contributed by atoms with Crippen LogP contribution in [0, 0.1) is 0 Å². The van der Waals surface area contributed by atoms with Gasteiger partial charge in [0.25, 0.3) is 0 Å². The summed E-state index contributed by atoms with van der Waals surface area (Å²) in [5.74, 6) is -1.82. The van der Waals surface area contributed by atoms with Crippen LogP contribution in [0.3, 0.4) is 0 Å². The quantitative estimate of drug-likeness (QED) is 0.869. The van der Waals surface area contributed by atoms with Crippen molar-refractivity contribution >= 4 is 27.9 Å². The number of carboxylic acid groups (broad SMARTS) is 2. The van der Waals surface area contributed by atoms with Crippen molar-refractivity contribution in [2.75, 3.05) is 0 Å². The van der Waals surface area contributed by atoms with Crippen molar-refractivity contribution in [2.45, 2.75) is 19.3 Å². The molecule has 1 aromatic carbocycles. The van der Waals surface area contributed by atoms with E-state index < -0.39 is 11.9 Å². The third-order valence-corrected chi connectivity index (χ3v) is 2.90. The highest BCUT2D eigenvalue weighted by Crippen LogP contribution is 2.22. The summed E-state index contributed by atoms with van der Waals surface area (Å²) in [5.41, 5.74) is 1.41. The second-order valence-electron chi connectivity index (χ2n) is 3.34. The number of aliphatic carboxylic acids is 2. The number of hydrogen-bond donors (Lipinski definition) is 2. The smallest absolute Gasteiger partial charge is 0.307 e. The van der Waals surface area contributed by atoms with Gasteiger partial charge in [-0.15, -0.1) is 0 Å². The molecule has 0 aromatic heterocycles. The maximum atomic E-state index is 10.7. The molecule has 86 valence electrons. The number of rotatable bonds is 5. The first-order valence-electron chi connectivity index (χ1n) is 4.70. The van der Waals surface area contributed by atoms with E-state index in [1.165, 1.54) is 0 Å². The van der Waals surface area contributed by atoms with E-state index in [1.54, 1.807) is 18.2 Å². The predicted octanol–water partition coefficient (Wildman–Crippen LogP) is 2.09. The number of benzene rings is 1. The average Bonchev–Trinajstić information content (AvgIpc) is 2.18. The van der Waals surface area contributed by atoms with E-state index >= 15 is 0 Å². The molecular weight excluding hydrogens is 276 g/mol. The van der Waals surface area contributed by atoms with E-state index in [0.717, 1.165) is 5.56 Å². The minimum absolute atomic E-state index is 0.00305. The zero-order valence-corrected chi connectivity index (χ0v) is 10.0. The fraction of sp³-hybridized carbons (Fsp3) is 0.273. The van der Waals surface area contributed by atoms with Crippen molar-refractivity contribution in [3.63, 3.8) is 0 Å². The third kappa shape index (κ3) is 3.66. The fourth-order valence-electron chi connectivity index (χ4n) is 1.43. The van der Waals surface area contributed by atoms with Crippen molar-refractivity contribution in [1.82, 2.24) is 0 Å². The summed E-state index contributed by atoms with van der Waals surface area (Å²) < 4.78 is 0.706. The molecule has 0 fully saturated rings. The van der Waals surface area contributed by atoms with Crippen molar-refractivity contribution in [3.8, 4) is 0 Å². The number of carbonyl (C=O) groups is 2. The van der Waals surface area contributed by atoms with Gasteiger partial charge in [0.05, 0.1) is 6.42 Å². The number of halogens is 1. The van der Waals surface area contributed by atoms with Gasteiger partial charge in [-0.25, -0.2) is 0 Å². The van der Waals surface area contributed by atoms with Gasteiger partial charge in [0.15, 0.2) is 0 Å². The van der Waals surface area contributed by atoms with E-state index in [4.69, 9.17) is 10.2 Å². The van der Waals surface area contributed by atoms with E-state index in [0.29, 0.717) is 16.5 Å². The Balaban J connectivity index is 2.93. The van der Waals surface area contributed by atoms with Gasteiger partial charge in [0, 0.05) is 10.9 Å². The monoisotopic (exact) mass is 286 g/mol. The summed E-state index contributed by atoms with van der Waals surface area (Å²) in [6, 6.07) is 5.28. The summed E-state index contributed by atoms with van der Waals surface area (Å²) in [5, 5.41) is 17.3. The fourth-order valence-corrected chi connectivity index (χ4v) is 1.98. The number of aryl methyl sites for hydroxylation is 1. The average molecular weight is 287 g/mol. The first kappa shape index (κ1) is 12.7. The lowest BCUT2D eigenvalue weighted by Crippen LogP contribution is -2.06. The minimum Gasteiger partial charge on any atom is -0.481 e. The molecular formula is C11H11BrO4. The molecule has 1 rings (SSSR count). The molecule has 0 saturated heterocycles. The Bertz CT molecular complexity index is 414. The molecule has 0 radical (unpaired) electrons. The van der Waals surface area contributed by atoms with Gasteiger partial charge in [-0.1, -0.05) is 28.1 Å². The highest BCUT2D eigenvalue weighted by molar-refractivity contribution is 9.10. The highest BCUT2D eigenvalue weighted by Gasteiger charge is 2.11. The predicted molar refractivity (Wildman–Crippen MR) is 61.4 cm³/mol. The SMILES string of the molecule is O=C(O)CCc1cccc(Br)c1CC(=O)O. The standard InChI is InChI=1S/C11H11BrO4/c12-9-3-1-2-7(4-5-10(13)14)8(9)6-11(15)16/h1-3H,4-6H2,(H,13,14)(H,15,16). The maximum absolute atomic E-state index is 10.7. The Morgan fingerprint density at radius 2 is 1.88 bits per heavy atom. The van der Waals surface area contributed by atoms with Crippen molar-refractivity contribution < 1.29 is 19.8 Å². The lowest BCUT2D eigenvalue weighted by Gasteiger charge is -2.08. The van der Waals surface area contributed by atoms with Crippen LogP contribution in [0.15, 0.2) is 22.7 Å². The first-order chi connectivity index (χ1) is 7.50. The van der Waals surface area contributed by atoms with Gasteiger partial charge < -0.3 is 10.2 Å². The molecule has 0 heterocycles. The van der Waals surface area contributed by atoms with Crippen LogP contribution in [0.4, 0.5) is 0 Å². The molecule has 0 saturated carbocycles. The van der Waals surface area contributed by atoms with Crippen LogP contribution in [-0.4, -0.2) is 22.2 Å². The van der Waals surface area contributed by atoms with E-state index in [-0.39, 0.29) is 12.8 Å². The second kappa shape index (κ2) is 5.65. The lowest BCUT2D eigenvalue weighted by atomic mass is 10.0. The van der Waals surface area contributed by atoms with Gasteiger partial charge in [0.1, 0.15) is 0 Å². The Labute approximate surface area is 101 Å². The van der Waals surface area contributed by atoms with E-state index in [2.05, 4.69) is 15.9 Å². The molecule has 0 spiro atoms. The maximum Gasteiger partial charge on any atom is 0.307 e. The number of carboxylic acids is 2. The van der Waals surface area contributed by atoms with Gasteiger partial charge in [-0.05, 0) is 23.6 Å². The Kier molecular flexibility index (Phi) is 4.49. The van der Waals surface area contributed by atoms with Gasteiger partial charge in [-0.2, -0.15) is 0 Å². The Hall–Kier alpha value is -1.36. The first-order valence-corrected chi connectivity index (χ1v) is 5.50. The Morgan fingerprint density at radius 1 is 1.19 bits per heavy atom. The van der Waals surface area contributed by atoms with Crippen LogP contribution in [0.25, 0.3) is 0 Å². The van der Waals surface area contributed by atoms with Crippen LogP contribution in [0.1, 0.15) is 17.5 Å². The molecule has 16 heavy (non-hydrogen) atoms. The molecule has 0 aliphatic carbocycles. The molecule has 0 aliphatic rings. The lowest BCUT2D eigenvalue weighted by molar-refractivity contribution is -0.137. The van der Waals surface area contributed by atoms with E-state index in [1.807, 2.05) is 0 Å². The topological polar surface area (TPSA) is 74.6 Å². The molecule has 0 unspecified atom stereocenters. The van der Waals surface area contributed by atoms with Crippen LogP contribution in [-0.2, 0) is 22.4 Å². The molecule has 0 aliphatic heterocycles. The number of hydrogen-bond acceptors (Lipinski definition) is 2. The Morgan fingerprint density at radius 3 is 2.44 bits per heavy atom. The van der Waals surface area contributed by atoms with Crippen molar-refractivity contribution in [2.24, 2.45) is 0 Å². The van der Waals surface area contributed by atoms with Crippen LogP contribution in [0.2, 0.25) is 0 Å². The van der Waals surface area contributed by atoms with Crippen LogP contribution >= 0.6 is 15.9 Å². The molecule has 5 heteroatoms. The summed E-state index contributed by atoms with van der Waals surface area (Å²) >= 11 is 3.27. The summed E-state index contributed by atoms with van der Waals surface area (Å²) in [6.45, 7) is 0. The largest absolute Gasteiger partial charge is 0.481 e. The summed E-state index contributed by atoms with van der Waals surface area (Å²) in [4.78, 5) is 21.1. The normalized spacial score (nSPS) is 10.1.